The third kappa shape index (κ3) is 4.68. The van der Waals surface area contributed by atoms with E-state index >= 15 is 0 Å². The molecule has 1 aromatic carbocycles. The number of carbonyl (C=O) groups excluding carboxylic acids is 1. The Hall–Kier alpha value is -1.14. The first-order valence-electron chi connectivity index (χ1n) is 5.74. The van der Waals surface area contributed by atoms with E-state index in [1.165, 1.54) is 24.0 Å². The zero-order chi connectivity index (χ0) is 15.4. The summed E-state index contributed by atoms with van der Waals surface area (Å²) in [5.41, 5.74) is 6.38. The predicted molar refractivity (Wildman–Crippen MR) is 89.5 cm³/mol. The van der Waals surface area contributed by atoms with Gasteiger partial charge in [-0.05, 0) is 24.3 Å². The van der Waals surface area contributed by atoms with Crippen LogP contribution in [0, 0.1) is 0 Å². The molecule has 0 atom stereocenters. The van der Waals surface area contributed by atoms with Crippen LogP contribution in [-0.2, 0) is 4.79 Å². The third-order valence-electron chi connectivity index (χ3n) is 2.40. The van der Waals surface area contributed by atoms with Gasteiger partial charge in [0.2, 0.25) is 5.91 Å². The van der Waals surface area contributed by atoms with E-state index < -0.39 is 0 Å². The van der Waals surface area contributed by atoms with Crippen LogP contribution in [0.1, 0.15) is 0 Å². The van der Waals surface area contributed by atoms with Gasteiger partial charge in [0.25, 0.3) is 0 Å². The number of nitrogens with one attached hydrogen (secondary N) is 1. The van der Waals surface area contributed by atoms with Crippen LogP contribution < -0.4 is 11.1 Å². The molecule has 1 heterocycles. The second-order valence-electron chi connectivity index (χ2n) is 4.00. The first-order valence-corrected chi connectivity index (χ1v) is 7.86. The summed E-state index contributed by atoms with van der Waals surface area (Å²) in [4.78, 5) is 16.6. The van der Waals surface area contributed by atoms with E-state index in [9.17, 15) is 4.79 Å². The minimum atomic E-state index is -0.254. The third-order valence-corrected chi connectivity index (χ3v) is 4.20. The molecule has 8 heteroatoms. The molecule has 0 saturated carbocycles. The van der Waals surface area contributed by atoms with Crippen molar-refractivity contribution in [2.75, 3.05) is 16.8 Å². The van der Waals surface area contributed by atoms with Crippen LogP contribution >= 0.6 is 46.6 Å². The Bertz CT molecular complexity index is 682. The standard InChI is InChI=1S/C13H10Cl3N3OS/c14-7-1-2-10(17)11(4-7)21-6-12(20)19-13-9(16)3-8(15)5-18-13/h1-5H,6,17H2,(H,18,19,20). The highest BCUT2D eigenvalue weighted by Crippen LogP contribution is 2.28. The van der Waals surface area contributed by atoms with Crippen molar-refractivity contribution in [1.82, 2.24) is 4.98 Å². The molecule has 21 heavy (non-hydrogen) atoms. The molecule has 0 saturated heterocycles. The molecule has 110 valence electrons. The predicted octanol–water partition coefficient (Wildman–Crippen LogP) is 4.35. The second kappa shape index (κ2) is 7.22. The highest BCUT2D eigenvalue weighted by Gasteiger charge is 2.10. The number of nitrogens with two attached hydrogens (primary N) is 1. The molecule has 0 spiro atoms. The minimum absolute atomic E-state index is 0.158. The van der Waals surface area contributed by atoms with E-state index in [4.69, 9.17) is 40.5 Å². The summed E-state index contributed by atoms with van der Waals surface area (Å²) in [5.74, 6) is 0.173. The number of nitrogen functional groups attached to an aromatic ring is 1. The van der Waals surface area contributed by atoms with Gasteiger partial charge in [-0.15, -0.1) is 11.8 Å². The number of rotatable bonds is 4. The van der Waals surface area contributed by atoms with Crippen molar-refractivity contribution in [1.29, 1.82) is 0 Å². The average molecular weight is 363 g/mol. The maximum Gasteiger partial charge on any atom is 0.235 e. The first-order chi connectivity index (χ1) is 9.95. The average Bonchev–Trinajstić information content (AvgIpc) is 2.43. The van der Waals surface area contributed by atoms with Gasteiger partial charge >= 0.3 is 0 Å². The smallest absolute Gasteiger partial charge is 0.235 e. The molecule has 0 unspecified atom stereocenters. The van der Waals surface area contributed by atoms with Gasteiger partial charge in [0.15, 0.2) is 5.82 Å². The van der Waals surface area contributed by atoms with Crippen LogP contribution in [0.4, 0.5) is 11.5 Å². The maximum atomic E-state index is 11.9. The van der Waals surface area contributed by atoms with Crippen molar-refractivity contribution in [3.8, 4) is 0 Å². The Morgan fingerprint density at radius 3 is 2.71 bits per heavy atom. The minimum Gasteiger partial charge on any atom is -0.398 e. The van der Waals surface area contributed by atoms with Crippen LogP contribution in [0.5, 0.6) is 0 Å². The molecule has 0 fully saturated rings. The molecule has 2 aromatic rings. The summed E-state index contributed by atoms with van der Waals surface area (Å²) < 4.78 is 0. The Labute approximate surface area is 141 Å². The molecule has 2 rings (SSSR count). The van der Waals surface area contributed by atoms with Gasteiger partial charge in [0.1, 0.15) is 0 Å². The summed E-state index contributed by atoms with van der Waals surface area (Å²) in [6.07, 6.45) is 1.41. The summed E-state index contributed by atoms with van der Waals surface area (Å²) in [5, 5.41) is 3.85. The highest BCUT2D eigenvalue weighted by molar-refractivity contribution is 8.00. The second-order valence-corrected chi connectivity index (χ2v) is 6.30. The van der Waals surface area contributed by atoms with Gasteiger partial charge in [-0.3, -0.25) is 4.79 Å². The van der Waals surface area contributed by atoms with Crippen LogP contribution in [0.3, 0.4) is 0 Å². The molecule has 0 bridgehead atoms. The Balaban J connectivity index is 1.97. The lowest BCUT2D eigenvalue weighted by Gasteiger charge is -2.08. The number of anilines is 2. The lowest BCUT2D eigenvalue weighted by atomic mass is 10.3. The van der Waals surface area contributed by atoms with Crippen LogP contribution in [0.15, 0.2) is 35.4 Å². The number of halogens is 3. The molecule has 0 aliphatic heterocycles. The van der Waals surface area contributed by atoms with Gasteiger partial charge in [0.05, 0.1) is 15.8 Å². The lowest BCUT2D eigenvalue weighted by Crippen LogP contribution is -2.15. The number of benzene rings is 1. The van der Waals surface area contributed by atoms with Gasteiger partial charge in [0, 0.05) is 21.8 Å². The normalized spacial score (nSPS) is 10.4. The van der Waals surface area contributed by atoms with Gasteiger partial charge in [-0.1, -0.05) is 34.8 Å². The molecule has 3 N–H and O–H groups in total. The number of nitrogens with zero attached hydrogens (tertiary/aromatic N) is 1. The molecule has 1 amide bonds. The molecule has 0 radical (unpaired) electrons. The van der Waals surface area contributed by atoms with E-state index in [2.05, 4.69) is 10.3 Å². The topological polar surface area (TPSA) is 68.0 Å². The fourth-order valence-corrected chi connectivity index (χ4v) is 2.92. The van der Waals surface area contributed by atoms with Crippen molar-refractivity contribution >= 4 is 64.0 Å². The molecule has 1 aromatic heterocycles. The van der Waals surface area contributed by atoms with Crippen molar-refractivity contribution in [2.45, 2.75) is 4.90 Å². The van der Waals surface area contributed by atoms with E-state index in [0.717, 1.165) is 4.90 Å². The van der Waals surface area contributed by atoms with Crippen molar-refractivity contribution in [2.24, 2.45) is 0 Å². The van der Waals surface area contributed by atoms with Gasteiger partial charge in [-0.2, -0.15) is 0 Å². The summed E-state index contributed by atoms with van der Waals surface area (Å²) in [6.45, 7) is 0. The van der Waals surface area contributed by atoms with Crippen LogP contribution in [-0.4, -0.2) is 16.6 Å². The number of carbonyl (C=O) groups is 1. The first kappa shape index (κ1) is 16.2. The van der Waals surface area contributed by atoms with Crippen molar-refractivity contribution < 1.29 is 4.79 Å². The number of pyridine rings is 1. The van der Waals surface area contributed by atoms with E-state index in [1.54, 1.807) is 18.2 Å². The van der Waals surface area contributed by atoms with E-state index in [1.807, 2.05) is 0 Å². The van der Waals surface area contributed by atoms with E-state index in [-0.39, 0.29) is 22.5 Å². The molecule has 0 aliphatic rings. The fourth-order valence-electron chi connectivity index (χ4n) is 1.45. The monoisotopic (exact) mass is 361 g/mol. The number of thioether (sulfide) groups is 1. The van der Waals surface area contributed by atoms with Crippen LogP contribution in [0.25, 0.3) is 0 Å². The number of hydrogen-bond donors (Lipinski definition) is 2. The number of amides is 1. The van der Waals surface area contributed by atoms with Crippen molar-refractivity contribution in [3.05, 3.63) is 45.5 Å². The summed E-state index contributed by atoms with van der Waals surface area (Å²) >= 11 is 18.8. The Kier molecular flexibility index (Phi) is 5.58. The summed E-state index contributed by atoms with van der Waals surface area (Å²) in [6, 6.07) is 6.61. The SMILES string of the molecule is Nc1ccc(Cl)cc1SCC(=O)Nc1ncc(Cl)cc1Cl. The Morgan fingerprint density at radius 2 is 2.00 bits per heavy atom. The highest BCUT2D eigenvalue weighted by atomic mass is 35.5. The molecule has 0 aliphatic carbocycles. The molecular weight excluding hydrogens is 353 g/mol. The quantitative estimate of drug-likeness (QED) is 0.626. The zero-order valence-electron chi connectivity index (χ0n) is 10.6. The maximum absolute atomic E-state index is 11.9. The van der Waals surface area contributed by atoms with Gasteiger partial charge in [-0.25, -0.2) is 4.98 Å². The van der Waals surface area contributed by atoms with Gasteiger partial charge < -0.3 is 11.1 Å². The van der Waals surface area contributed by atoms with Crippen molar-refractivity contribution in [3.63, 3.8) is 0 Å². The number of aromatic nitrogens is 1. The fraction of sp³-hybridized carbons (Fsp3) is 0.0769. The van der Waals surface area contributed by atoms with Crippen LogP contribution in [0.2, 0.25) is 15.1 Å². The molecular formula is C13H10Cl3N3OS. The zero-order valence-corrected chi connectivity index (χ0v) is 13.7. The van der Waals surface area contributed by atoms with E-state index in [0.29, 0.717) is 15.7 Å². The lowest BCUT2D eigenvalue weighted by molar-refractivity contribution is -0.113. The summed E-state index contributed by atoms with van der Waals surface area (Å²) in [7, 11) is 0. The molecule has 4 nitrogen and oxygen atoms in total. The largest absolute Gasteiger partial charge is 0.398 e. The number of hydrogen-bond acceptors (Lipinski definition) is 4. The Morgan fingerprint density at radius 1 is 1.24 bits per heavy atom.